The molecule has 84 valence electrons. The van der Waals surface area contributed by atoms with Gasteiger partial charge in [0.05, 0.1) is 0 Å². The van der Waals surface area contributed by atoms with Gasteiger partial charge in [0.2, 0.25) is 0 Å². The molecule has 2 aliphatic carbocycles. The summed E-state index contributed by atoms with van der Waals surface area (Å²) in [4.78, 5) is 0. The number of hydrogen-bond acceptors (Lipinski definition) is 0. The third-order valence-corrected chi connectivity index (χ3v) is 3.01. The van der Waals surface area contributed by atoms with Crippen LogP contribution in [0.4, 0.5) is 0 Å². The van der Waals surface area contributed by atoms with Crippen molar-refractivity contribution >= 4 is 0 Å². The van der Waals surface area contributed by atoms with Crippen LogP contribution < -0.4 is 0 Å². The van der Waals surface area contributed by atoms with Crippen LogP contribution in [0.1, 0.15) is 58.8 Å². The summed E-state index contributed by atoms with van der Waals surface area (Å²) in [6.07, 6.45) is 18.1. The summed E-state index contributed by atoms with van der Waals surface area (Å²) in [5.41, 5.74) is 3.26. The van der Waals surface area contributed by atoms with Crippen molar-refractivity contribution in [2.75, 3.05) is 0 Å². The number of allylic oxidation sites excluding steroid dienone is 6. The highest BCUT2D eigenvalue weighted by atomic mass is 14.1. The van der Waals surface area contributed by atoms with Gasteiger partial charge in [0, 0.05) is 0 Å². The predicted octanol–water partition coefficient (Wildman–Crippen LogP) is 5.18. The highest BCUT2D eigenvalue weighted by Crippen LogP contribution is 2.21. The van der Waals surface area contributed by atoms with Gasteiger partial charge in [0.1, 0.15) is 0 Å². The van der Waals surface area contributed by atoms with Gasteiger partial charge in [-0.25, -0.2) is 0 Å². The third-order valence-electron chi connectivity index (χ3n) is 3.01. The molecule has 0 spiro atoms. The zero-order valence-electron chi connectivity index (χ0n) is 10.3. The lowest BCUT2D eigenvalue weighted by atomic mass is 10.1. The van der Waals surface area contributed by atoms with E-state index in [-0.39, 0.29) is 0 Å². The van der Waals surface area contributed by atoms with E-state index in [4.69, 9.17) is 0 Å². The first-order valence-electron chi connectivity index (χ1n) is 6.39. The summed E-state index contributed by atoms with van der Waals surface area (Å²) in [7, 11) is 0. The minimum Gasteiger partial charge on any atom is -0.0853 e. The Labute approximate surface area is 94.8 Å². The molecule has 0 unspecified atom stereocenters. The summed E-state index contributed by atoms with van der Waals surface area (Å²) in [5.74, 6) is 0. The van der Waals surface area contributed by atoms with E-state index in [1.165, 1.54) is 44.9 Å². The average molecular weight is 204 g/mol. The molecule has 0 aromatic rings. The standard InChI is InChI=1S/C8H14.C7H10/c1-2-5-8-6-3-4-7-8;1-2-7-5-3-4-6-7/h6H,2-5,7H2,1H3;3-5H,2,6H2,1H3. The zero-order chi connectivity index (χ0) is 10.9. The second kappa shape index (κ2) is 7.50. The van der Waals surface area contributed by atoms with E-state index in [0.717, 1.165) is 0 Å². The Morgan fingerprint density at radius 1 is 1.20 bits per heavy atom. The molecule has 0 saturated carbocycles. The first kappa shape index (κ1) is 12.3. The van der Waals surface area contributed by atoms with E-state index >= 15 is 0 Å². The fourth-order valence-corrected chi connectivity index (χ4v) is 2.04. The van der Waals surface area contributed by atoms with E-state index in [2.05, 4.69) is 38.2 Å². The van der Waals surface area contributed by atoms with Gasteiger partial charge in [-0.1, -0.05) is 55.7 Å². The van der Waals surface area contributed by atoms with Crippen molar-refractivity contribution in [2.24, 2.45) is 0 Å². The van der Waals surface area contributed by atoms with Crippen molar-refractivity contribution < 1.29 is 0 Å². The molecule has 0 atom stereocenters. The van der Waals surface area contributed by atoms with Crippen molar-refractivity contribution in [2.45, 2.75) is 58.8 Å². The lowest BCUT2D eigenvalue weighted by Gasteiger charge is -1.93. The van der Waals surface area contributed by atoms with Gasteiger partial charge in [0.15, 0.2) is 0 Å². The van der Waals surface area contributed by atoms with Crippen molar-refractivity contribution in [1.82, 2.24) is 0 Å². The quantitative estimate of drug-likeness (QED) is 0.556. The van der Waals surface area contributed by atoms with Gasteiger partial charge in [-0.15, -0.1) is 0 Å². The average Bonchev–Trinajstić information content (AvgIpc) is 2.91. The molecule has 15 heavy (non-hydrogen) atoms. The van der Waals surface area contributed by atoms with Crippen LogP contribution in [0.2, 0.25) is 0 Å². The summed E-state index contributed by atoms with van der Waals surface area (Å²) in [5, 5.41) is 0. The van der Waals surface area contributed by atoms with Gasteiger partial charge < -0.3 is 0 Å². The molecule has 0 N–H and O–H groups in total. The maximum absolute atomic E-state index is 2.41. The molecular weight excluding hydrogens is 180 g/mol. The van der Waals surface area contributed by atoms with E-state index in [1.807, 2.05) is 0 Å². The monoisotopic (exact) mass is 204 g/mol. The number of rotatable bonds is 3. The molecule has 2 rings (SSSR count). The fraction of sp³-hybridized carbons (Fsp3) is 0.600. The molecule has 0 bridgehead atoms. The Morgan fingerprint density at radius 3 is 2.47 bits per heavy atom. The lowest BCUT2D eigenvalue weighted by Crippen LogP contribution is -1.73. The summed E-state index contributed by atoms with van der Waals surface area (Å²) in [6, 6.07) is 0. The molecule has 0 aliphatic heterocycles. The van der Waals surface area contributed by atoms with E-state index in [1.54, 1.807) is 11.1 Å². The summed E-state index contributed by atoms with van der Waals surface area (Å²) in [6.45, 7) is 4.44. The molecule has 0 heteroatoms. The van der Waals surface area contributed by atoms with Crippen molar-refractivity contribution in [3.63, 3.8) is 0 Å². The van der Waals surface area contributed by atoms with Gasteiger partial charge >= 0.3 is 0 Å². The molecule has 0 heterocycles. The Balaban J connectivity index is 0.000000151. The third kappa shape index (κ3) is 5.01. The highest BCUT2D eigenvalue weighted by molar-refractivity contribution is 5.22. The summed E-state index contributed by atoms with van der Waals surface area (Å²) >= 11 is 0. The van der Waals surface area contributed by atoms with Crippen LogP contribution in [0.3, 0.4) is 0 Å². The van der Waals surface area contributed by atoms with Crippen LogP contribution in [0.15, 0.2) is 35.5 Å². The fourth-order valence-electron chi connectivity index (χ4n) is 2.04. The molecule has 0 amide bonds. The Bertz CT molecular complexity index is 253. The van der Waals surface area contributed by atoms with Gasteiger partial charge in [-0.05, 0) is 38.5 Å². The van der Waals surface area contributed by atoms with Crippen LogP contribution >= 0.6 is 0 Å². The molecule has 0 nitrogen and oxygen atoms in total. The maximum Gasteiger partial charge on any atom is -0.0133 e. The largest absolute Gasteiger partial charge is 0.0853 e. The van der Waals surface area contributed by atoms with Crippen LogP contribution in [0.25, 0.3) is 0 Å². The molecule has 0 fully saturated rings. The van der Waals surface area contributed by atoms with Gasteiger partial charge in [-0.2, -0.15) is 0 Å². The molecule has 2 aliphatic rings. The minimum atomic E-state index is 1.19. The van der Waals surface area contributed by atoms with Crippen molar-refractivity contribution in [3.05, 3.63) is 35.5 Å². The molecule has 0 radical (unpaired) electrons. The Kier molecular flexibility index (Phi) is 6.15. The lowest BCUT2D eigenvalue weighted by molar-refractivity contribution is 0.830. The molecule has 0 saturated heterocycles. The van der Waals surface area contributed by atoms with E-state index in [0.29, 0.717) is 0 Å². The molecular formula is C15H24. The minimum absolute atomic E-state index is 1.19. The Hall–Kier alpha value is -0.780. The second-order valence-electron chi connectivity index (χ2n) is 4.32. The van der Waals surface area contributed by atoms with Crippen molar-refractivity contribution in [3.8, 4) is 0 Å². The van der Waals surface area contributed by atoms with E-state index < -0.39 is 0 Å². The smallest absolute Gasteiger partial charge is 0.0133 e. The topological polar surface area (TPSA) is 0 Å². The van der Waals surface area contributed by atoms with Gasteiger partial charge in [-0.3, -0.25) is 0 Å². The SMILES string of the molecule is CCC1=CC=CC1.CCCC1=CCCC1. The van der Waals surface area contributed by atoms with Gasteiger partial charge in [0.25, 0.3) is 0 Å². The van der Waals surface area contributed by atoms with Crippen LogP contribution in [-0.2, 0) is 0 Å². The second-order valence-corrected chi connectivity index (χ2v) is 4.32. The van der Waals surface area contributed by atoms with Crippen LogP contribution in [0.5, 0.6) is 0 Å². The summed E-state index contributed by atoms with van der Waals surface area (Å²) < 4.78 is 0. The highest BCUT2D eigenvalue weighted by Gasteiger charge is 2.01. The first-order valence-corrected chi connectivity index (χ1v) is 6.39. The molecule has 0 aromatic heterocycles. The normalized spacial score (nSPS) is 18.3. The molecule has 0 aromatic carbocycles. The van der Waals surface area contributed by atoms with Crippen LogP contribution in [-0.4, -0.2) is 0 Å². The van der Waals surface area contributed by atoms with E-state index in [9.17, 15) is 0 Å². The van der Waals surface area contributed by atoms with Crippen LogP contribution in [0, 0.1) is 0 Å². The maximum atomic E-state index is 2.41. The van der Waals surface area contributed by atoms with Crippen molar-refractivity contribution in [1.29, 1.82) is 0 Å². The Morgan fingerprint density at radius 2 is 2.07 bits per heavy atom. The predicted molar refractivity (Wildman–Crippen MR) is 69.0 cm³/mol. The zero-order valence-corrected chi connectivity index (χ0v) is 10.3. The number of hydrogen-bond donors (Lipinski definition) is 0. The first-order chi connectivity index (χ1) is 7.36.